The number of rotatable bonds is 3. The van der Waals surface area contributed by atoms with Crippen LogP contribution in [0.1, 0.15) is 21.5 Å². The van der Waals surface area contributed by atoms with Crippen molar-refractivity contribution < 1.29 is 13.6 Å². The fourth-order valence-corrected chi connectivity index (χ4v) is 1.87. The van der Waals surface area contributed by atoms with Gasteiger partial charge in [-0.1, -0.05) is 11.6 Å². The summed E-state index contributed by atoms with van der Waals surface area (Å²) in [4.78, 5) is 15.8. The highest BCUT2D eigenvalue weighted by atomic mass is 35.5. The second-order valence-corrected chi connectivity index (χ2v) is 4.56. The second-order valence-electron chi connectivity index (χ2n) is 4.15. The first-order valence-electron chi connectivity index (χ1n) is 5.56. The first-order chi connectivity index (χ1) is 8.99. The van der Waals surface area contributed by atoms with E-state index >= 15 is 0 Å². The van der Waals surface area contributed by atoms with E-state index in [-0.39, 0.29) is 17.5 Å². The summed E-state index contributed by atoms with van der Waals surface area (Å²) in [5.74, 6) is -1.98. The maximum Gasteiger partial charge on any atom is 0.170 e. The van der Waals surface area contributed by atoms with Crippen LogP contribution in [0.5, 0.6) is 0 Å². The van der Waals surface area contributed by atoms with Crippen molar-refractivity contribution in [2.24, 2.45) is 0 Å². The Morgan fingerprint density at radius 1 is 1.32 bits per heavy atom. The quantitative estimate of drug-likeness (QED) is 0.802. The Bertz CT molecular complexity index is 643. The summed E-state index contributed by atoms with van der Waals surface area (Å²) >= 11 is 5.88. The monoisotopic (exact) mass is 281 g/mol. The molecule has 0 saturated carbocycles. The number of carbonyl (C=O) groups excluding carboxylic acids is 1. The predicted octanol–water partition coefficient (Wildman–Crippen LogP) is 3.75. The molecule has 0 fully saturated rings. The maximum absolute atomic E-state index is 13.6. The van der Waals surface area contributed by atoms with Crippen molar-refractivity contribution in [3.8, 4) is 0 Å². The van der Waals surface area contributed by atoms with Crippen molar-refractivity contribution >= 4 is 17.4 Å². The van der Waals surface area contributed by atoms with E-state index in [1.165, 1.54) is 25.4 Å². The van der Waals surface area contributed by atoms with Crippen LogP contribution in [0.15, 0.2) is 30.6 Å². The average molecular weight is 282 g/mol. The molecule has 19 heavy (non-hydrogen) atoms. The van der Waals surface area contributed by atoms with Crippen LogP contribution in [0.2, 0.25) is 5.02 Å². The van der Waals surface area contributed by atoms with Crippen LogP contribution in [0.4, 0.5) is 8.78 Å². The molecule has 0 radical (unpaired) electrons. The number of hydrogen-bond donors (Lipinski definition) is 0. The number of halogens is 3. The van der Waals surface area contributed by atoms with Crippen LogP contribution in [-0.4, -0.2) is 10.8 Å². The molecule has 0 aliphatic rings. The van der Waals surface area contributed by atoms with E-state index in [1.807, 2.05) is 0 Å². The summed E-state index contributed by atoms with van der Waals surface area (Å²) in [7, 11) is 0. The fraction of sp³-hybridized carbons (Fsp3) is 0.143. The average Bonchev–Trinajstić information content (AvgIpc) is 2.36. The molecule has 2 rings (SSSR count). The minimum absolute atomic E-state index is 0.0522. The van der Waals surface area contributed by atoms with Crippen molar-refractivity contribution in [1.82, 2.24) is 4.98 Å². The summed E-state index contributed by atoms with van der Waals surface area (Å²) in [6, 6.07) is 3.52. The Labute approximate surface area is 114 Å². The van der Waals surface area contributed by atoms with Crippen molar-refractivity contribution in [2.75, 3.05) is 0 Å². The number of carbonyl (C=O) groups is 1. The van der Waals surface area contributed by atoms with Crippen molar-refractivity contribution in [1.29, 1.82) is 0 Å². The van der Waals surface area contributed by atoms with Gasteiger partial charge in [0.15, 0.2) is 5.78 Å². The largest absolute Gasteiger partial charge is 0.294 e. The highest BCUT2D eigenvalue weighted by molar-refractivity contribution is 6.31. The van der Waals surface area contributed by atoms with Crippen molar-refractivity contribution in [2.45, 2.75) is 13.3 Å². The lowest BCUT2D eigenvalue weighted by atomic mass is 10.0. The number of aryl methyl sites for hydroxylation is 1. The standard InChI is InChI=1S/C14H10ClF2NO/c1-8-4-10(13(17)6-12(8)16)14(19)5-9-2-3-18-7-11(9)15/h2-4,6-7H,5H2,1H3. The van der Waals surface area contributed by atoms with Gasteiger partial charge in [-0.2, -0.15) is 0 Å². The summed E-state index contributed by atoms with van der Waals surface area (Å²) in [6.07, 6.45) is 2.86. The lowest BCUT2D eigenvalue weighted by Gasteiger charge is -2.06. The van der Waals surface area contributed by atoms with Gasteiger partial charge in [0.2, 0.25) is 0 Å². The predicted molar refractivity (Wildman–Crippen MR) is 68.4 cm³/mol. The van der Waals surface area contributed by atoms with E-state index in [2.05, 4.69) is 4.98 Å². The van der Waals surface area contributed by atoms with Gasteiger partial charge in [0.05, 0.1) is 10.6 Å². The molecule has 1 heterocycles. The molecule has 0 aliphatic heterocycles. The molecule has 2 nitrogen and oxygen atoms in total. The molecule has 0 unspecified atom stereocenters. The molecule has 0 N–H and O–H groups in total. The number of nitrogens with zero attached hydrogens (tertiary/aromatic N) is 1. The van der Waals surface area contributed by atoms with Crippen LogP contribution < -0.4 is 0 Å². The van der Waals surface area contributed by atoms with Crippen molar-refractivity contribution in [3.05, 3.63) is 63.9 Å². The number of benzene rings is 1. The highest BCUT2D eigenvalue weighted by Crippen LogP contribution is 2.19. The first-order valence-corrected chi connectivity index (χ1v) is 5.94. The van der Waals surface area contributed by atoms with Crippen LogP contribution in [0.25, 0.3) is 0 Å². The Morgan fingerprint density at radius 2 is 2.05 bits per heavy atom. The molecule has 0 atom stereocenters. The van der Waals surface area contributed by atoms with Crippen LogP contribution in [0, 0.1) is 18.6 Å². The normalized spacial score (nSPS) is 10.5. The third kappa shape index (κ3) is 2.96. The minimum Gasteiger partial charge on any atom is -0.294 e. The van der Waals surface area contributed by atoms with Gasteiger partial charge in [0.25, 0.3) is 0 Å². The summed E-state index contributed by atoms with van der Waals surface area (Å²) in [5.41, 5.74) is 0.653. The van der Waals surface area contributed by atoms with Gasteiger partial charge in [-0.15, -0.1) is 0 Å². The lowest BCUT2D eigenvalue weighted by molar-refractivity contribution is 0.0989. The van der Waals surface area contributed by atoms with Gasteiger partial charge < -0.3 is 0 Å². The van der Waals surface area contributed by atoms with Crippen LogP contribution in [-0.2, 0) is 6.42 Å². The van der Waals surface area contributed by atoms with E-state index in [0.29, 0.717) is 10.6 Å². The zero-order chi connectivity index (χ0) is 14.0. The number of Topliss-reactive ketones (excluding diaryl/α,β-unsaturated/α-hetero) is 1. The molecule has 98 valence electrons. The van der Waals surface area contributed by atoms with E-state index in [4.69, 9.17) is 11.6 Å². The highest BCUT2D eigenvalue weighted by Gasteiger charge is 2.16. The summed E-state index contributed by atoms with van der Waals surface area (Å²) in [5, 5.41) is 0.343. The molecule has 0 aliphatic carbocycles. The smallest absolute Gasteiger partial charge is 0.170 e. The molecular weight excluding hydrogens is 272 g/mol. The van der Waals surface area contributed by atoms with E-state index in [1.54, 1.807) is 6.07 Å². The van der Waals surface area contributed by atoms with Crippen LogP contribution >= 0.6 is 11.6 Å². The minimum atomic E-state index is -0.863. The molecule has 0 amide bonds. The molecule has 0 spiro atoms. The molecule has 1 aromatic carbocycles. The van der Waals surface area contributed by atoms with Gasteiger partial charge in [-0.25, -0.2) is 8.78 Å². The number of aromatic nitrogens is 1. The zero-order valence-electron chi connectivity index (χ0n) is 10.1. The number of pyridine rings is 1. The maximum atomic E-state index is 13.6. The second kappa shape index (κ2) is 5.45. The third-order valence-corrected chi connectivity index (χ3v) is 3.10. The Morgan fingerprint density at radius 3 is 2.74 bits per heavy atom. The van der Waals surface area contributed by atoms with Gasteiger partial charge in [-0.3, -0.25) is 9.78 Å². The molecular formula is C14H10ClF2NO. The SMILES string of the molecule is Cc1cc(C(=O)Cc2ccncc2Cl)c(F)cc1F. The molecule has 0 saturated heterocycles. The Hall–Kier alpha value is -1.81. The molecule has 0 bridgehead atoms. The summed E-state index contributed by atoms with van der Waals surface area (Å²) < 4.78 is 26.7. The fourth-order valence-electron chi connectivity index (χ4n) is 1.69. The topological polar surface area (TPSA) is 30.0 Å². The lowest BCUT2D eigenvalue weighted by Crippen LogP contribution is -2.08. The Balaban J connectivity index is 2.31. The summed E-state index contributed by atoms with van der Waals surface area (Å²) in [6.45, 7) is 1.48. The number of hydrogen-bond acceptors (Lipinski definition) is 2. The van der Waals surface area contributed by atoms with E-state index < -0.39 is 17.4 Å². The van der Waals surface area contributed by atoms with Gasteiger partial charge in [-0.05, 0) is 30.2 Å². The van der Waals surface area contributed by atoms with Crippen LogP contribution in [0.3, 0.4) is 0 Å². The molecule has 2 aromatic rings. The van der Waals surface area contributed by atoms with Gasteiger partial charge >= 0.3 is 0 Å². The molecule has 1 aromatic heterocycles. The van der Waals surface area contributed by atoms with Gasteiger partial charge in [0.1, 0.15) is 11.6 Å². The first kappa shape index (κ1) is 13.6. The van der Waals surface area contributed by atoms with E-state index in [0.717, 1.165) is 6.07 Å². The Kier molecular flexibility index (Phi) is 3.90. The van der Waals surface area contributed by atoms with E-state index in [9.17, 15) is 13.6 Å². The zero-order valence-corrected chi connectivity index (χ0v) is 10.8. The number of ketones is 1. The van der Waals surface area contributed by atoms with Crippen molar-refractivity contribution in [3.63, 3.8) is 0 Å². The molecule has 5 heteroatoms. The van der Waals surface area contributed by atoms with Gasteiger partial charge in [0, 0.05) is 24.9 Å². The third-order valence-electron chi connectivity index (χ3n) is 2.76.